The first-order chi connectivity index (χ1) is 1.73. The van der Waals surface area contributed by atoms with Crippen molar-refractivity contribution in [2.75, 3.05) is 0 Å². The Bertz CT molecular complexity index is 14.4. The molecule has 0 aliphatic heterocycles. The van der Waals surface area contributed by atoms with Crippen molar-refractivity contribution < 1.29 is 32.4 Å². The molecular weight excluding hydrogens is 211 g/mol. The zero-order chi connectivity index (χ0) is 3.58. The van der Waals surface area contributed by atoms with Crippen LogP contribution in [-0.4, -0.2) is 10.1 Å². The third-order valence-electron chi connectivity index (χ3n) is 0. The number of hydrogen-bond donors (Lipinski definition) is 1. The van der Waals surface area contributed by atoms with E-state index in [0.29, 0.717) is 0 Å². The van der Waals surface area contributed by atoms with Gasteiger partial charge in [-0.2, -0.15) is 0 Å². The summed E-state index contributed by atoms with van der Waals surface area (Å²) in [5, 5.41) is 6.36. The number of rotatable bonds is 0. The van der Waals surface area contributed by atoms with E-state index >= 15 is 0 Å². The molecule has 0 heterocycles. The first kappa shape index (κ1) is 9.68. The second kappa shape index (κ2) is 5.46. The number of aliphatic hydroxyl groups excluding tert-OH is 1. The summed E-state index contributed by atoms with van der Waals surface area (Å²) < 4.78 is 0. The standard InChI is InChI=1S/CH2Cl2O.Cd/c2-1(3)4;/h1,4H;. The van der Waals surface area contributed by atoms with Gasteiger partial charge in [-0.15, -0.1) is 0 Å². The van der Waals surface area contributed by atoms with E-state index in [1.54, 1.807) is 0 Å². The van der Waals surface area contributed by atoms with Crippen LogP contribution >= 0.6 is 23.2 Å². The molecule has 5 heavy (non-hydrogen) atoms. The van der Waals surface area contributed by atoms with Crippen molar-refractivity contribution in [3.8, 4) is 0 Å². The molecule has 0 radical (unpaired) electrons. The van der Waals surface area contributed by atoms with E-state index in [1.807, 2.05) is 0 Å². The van der Waals surface area contributed by atoms with Crippen LogP contribution in [0.1, 0.15) is 0 Å². The van der Waals surface area contributed by atoms with E-state index in [9.17, 15) is 0 Å². The molecule has 0 spiro atoms. The van der Waals surface area contributed by atoms with Crippen molar-refractivity contribution in [2.24, 2.45) is 0 Å². The van der Waals surface area contributed by atoms with Crippen molar-refractivity contribution in [3.05, 3.63) is 0 Å². The van der Waals surface area contributed by atoms with Crippen LogP contribution in [0.5, 0.6) is 0 Å². The zero-order valence-corrected chi connectivity index (χ0v) is 8.04. The summed E-state index contributed by atoms with van der Waals surface area (Å²) in [5.41, 5.74) is 0. The fourth-order valence-corrected chi connectivity index (χ4v) is 0. The molecule has 0 aliphatic rings. The third-order valence-corrected chi connectivity index (χ3v) is 0. The summed E-state index contributed by atoms with van der Waals surface area (Å²) >= 11 is 9.19. The first-order valence-electron chi connectivity index (χ1n) is 0.695. The van der Waals surface area contributed by atoms with E-state index in [-0.39, 0.29) is 27.3 Å². The molecule has 0 atom stereocenters. The van der Waals surface area contributed by atoms with Crippen molar-refractivity contribution in [3.63, 3.8) is 0 Å². The van der Waals surface area contributed by atoms with Gasteiger partial charge in [-0.3, -0.25) is 0 Å². The molecule has 0 aromatic carbocycles. The molecule has 1 nitrogen and oxygen atoms in total. The third kappa shape index (κ3) is 30.6. The second-order valence-corrected chi connectivity index (χ2v) is 1.33. The minimum Gasteiger partial charge on any atom is -0.365 e. The van der Waals surface area contributed by atoms with Crippen molar-refractivity contribution in [2.45, 2.75) is 5.02 Å². The number of aliphatic hydroxyl groups is 1. The monoisotopic (exact) mass is 214 g/mol. The largest absolute Gasteiger partial charge is 0.365 e. The Hall–Kier alpha value is 1.46. The molecule has 0 saturated heterocycles. The summed E-state index contributed by atoms with van der Waals surface area (Å²) in [4.78, 5) is 0. The maximum atomic E-state index is 7.59. The SMILES string of the molecule is OC(Cl)Cl.[Cd]. The van der Waals surface area contributed by atoms with Gasteiger partial charge in [0, 0.05) is 27.3 Å². The molecule has 0 fully saturated rings. The molecule has 28 valence electrons. The van der Waals surface area contributed by atoms with E-state index in [4.69, 9.17) is 5.11 Å². The van der Waals surface area contributed by atoms with Crippen LogP contribution in [-0.2, 0) is 27.3 Å². The van der Waals surface area contributed by atoms with Crippen LogP contribution in [0.2, 0.25) is 0 Å². The predicted octanol–water partition coefficient (Wildman–Crippen LogP) is 0.737. The smallest absolute Gasteiger partial charge is 0.204 e. The van der Waals surface area contributed by atoms with Gasteiger partial charge in [0.05, 0.1) is 0 Å². The Balaban J connectivity index is 0. The Morgan fingerprint density at radius 2 is 1.40 bits per heavy atom. The molecule has 0 aromatic rings. The first-order valence-corrected chi connectivity index (χ1v) is 1.57. The molecule has 4 heteroatoms. The summed E-state index contributed by atoms with van der Waals surface area (Å²) in [6.45, 7) is 0. The van der Waals surface area contributed by atoms with Crippen LogP contribution in [0.25, 0.3) is 0 Å². The molecule has 0 amide bonds. The van der Waals surface area contributed by atoms with Gasteiger partial charge in [-0.05, 0) is 0 Å². The average Bonchev–Trinajstić information content (AvgIpc) is 0.811. The molecule has 0 unspecified atom stereocenters. The maximum Gasteiger partial charge on any atom is 0.204 e. The summed E-state index contributed by atoms with van der Waals surface area (Å²) in [5.74, 6) is 0. The molecule has 1 N–H and O–H groups in total. The quantitative estimate of drug-likeness (QED) is 0.465. The van der Waals surface area contributed by atoms with E-state index < -0.39 is 5.02 Å². The Morgan fingerprint density at radius 1 is 1.40 bits per heavy atom. The summed E-state index contributed by atoms with van der Waals surface area (Å²) in [6.07, 6.45) is 0. The van der Waals surface area contributed by atoms with Gasteiger partial charge < -0.3 is 5.11 Å². The van der Waals surface area contributed by atoms with Crippen LogP contribution in [0, 0.1) is 0 Å². The Morgan fingerprint density at radius 3 is 1.40 bits per heavy atom. The fraction of sp³-hybridized carbons (Fsp3) is 1.00. The van der Waals surface area contributed by atoms with Crippen LogP contribution in [0.15, 0.2) is 0 Å². The van der Waals surface area contributed by atoms with E-state index in [2.05, 4.69) is 23.2 Å². The normalized spacial score (nSPS) is 7.20. The van der Waals surface area contributed by atoms with Crippen molar-refractivity contribution >= 4 is 23.2 Å². The summed E-state index contributed by atoms with van der Waals surface area (Å²) in [6, 6.07) is 0. The molecule has 0 aliphatic carbocycles. The molecule has 0 bridgehead atoms. The molecule has 0 rings (SSSR count). The number of alkyl halides is 2. The van der Waals surface area contributed by atoms with Gasteiger partial charge in [0.1, 0.15) is 0 Å². The average molecular weight is 213 g/mol. The van der Waals surface area contributed by atoms with Gasteiger partial charge in [0.2, 0.25) is 5.02 Å². The van der Waals surface area contributed by atoms with E-state index in [1.165, 1.54) is 0 Å². The van der Waals surface area contributed by atoms with Crippen molar-refractivity contribution in [1.82, 2.24) is 0 Å². The topological polar surface area (TPSA) is 20.2 Å². The molecular formula is CH2CdCl2O. The maximum absolute atomic E-state index is 7.59. The van der Waals surface area contributed by atoms with Crippen LogP contribution in [0.3, 0.4) is 0 Å². The van der Waals surface area contributed by atoms with Gasteiger partial charge >= 0.3 is 0 Å². The fourth-order valence-electron chi connectivity index (χ4n) is 0. The van der Waals surface area contributed by atoms with Crippen LogP contribution < -0.4 is 0 Å². The minimum absolute atomic E-state index is 0. The number of halogens is 2. The van der Waals surface area contributed by atoms with Gasteiger partial charge in [-0.1, -0.05) is 23.2 Å². The Labute approximate surface area is 60.4 Å². The minimum atomic E-state index is -1.22. The Kier molecular flexibility index (Phi) is 10.6. The van der Waals surface area contributed by atoms with Gasteiger partial charge in [0.15, 0.2) is 0 Å². The summed E-state index contributed by atoms with van der Waals surface area (Å²) in [7, 11) is 0. The number of hydrogen-bond acceptors (Lipinski definition) is 1. The van der Waals surface area contributed by atoms with Gasteiger partial charge in [0.25, 0.3) is 0 Å². The van der Waals surface area contributed by atoms with Crippen molar-refractivity contribution in [1.29, 1.82) is 0 Å². The van der Waals surface area contributed by atoms with Gasteiger partial charge in [-0.25, -0.2) is 0 Å². The van der Waals surface area contributed by atoms with E-state index in [0.717, 1.165) is 0 Å². The molecule has 0 aromatic heterocycles. The zero-order valence-electron chi connectivity index (χ0n) is 2.49. The second-order valence-electron chi connectivity index (χ2n) is 0.278. The van der Waals surface area contributed by atoms with Crippen LogP contribution in [0.4, 0.5) is 0 Å². The predicted molar refractivity (Wildman–Crippen MR) is 17.7 cm³/mol. The molecule has 0 saturated carbocycles.